The summed E-state index contributed by atoms with van der Waals surface area (Å²) in [5, 5.41) is 25.9. The van der Waals surface area contributed by atoms with Gasteiger partial charge in [0.1, 0.15) is 17.1 Å². The summed E-state index contributed by atoms with van der Waals surface area (Å²) in [6.45, 7) is 6.78. The van der Waals surface area contributed by atoms with Gasteiger partial charge in [-0.05, 0) is 79.1 Å². The summed E-state index contributed by atoms with van der Waals surface area (Å²) in [6, 6.07) is 10.2. The number of ether oxygens (including phenoxy) is 1. The van der Waals surface area contributed by atoms with Crippen LogP contribution < -0.4 is 10.2 Å². The first-order valence-electron chi connectivity index (χ1n) is 14.9. The van der Waals surface area contributed by atoms with Crippen LogP contribution in [0.3, 0.4) is 0 Å². The van der Waals surface area contributed by atoms with Crippen LogP contribution in [0.1, 0.15) is 50.9 Å². The predicted octanol–water partition coefficient (Wildman–Crippen LogP) is 4.18. The van der Waals surface area contributed by atoms with E-state index in [-0.39, 0.29) is 34.5 Å². The second-order valence-corrected chi connectivity index (χ2v) is 13.7. The number of aromatic nitrogens is 1. The molecule has 4 aromatic rings. The Kier molecular flexibility index (Phi) is 9.18. The summed E-state index contributed by atoms with van der Waals surface area (Å²) in [5.41, 5.74) is 3.38. The molecule has 1 atom stereocenters. The van der Waals surface area contributed by atoms with Gasteiger partial charge in [0.05, 0.1) is 34.4 Å². The molecule has 0 radical (unpaired) electrons. The molecular weight excluding hydrogens is 604 g/mol. The zero-order valence-electron chi connectivity index (χ0n) is 24.6. The number of aliphatic hydroxyl groups excluding tert-OH is 1. The minimum atomic E-state index is -0.867. The maximum absolute atomic E-state index is 14.6. The lowest BCUT2D eigenvalue weighted by Crippen LogP contribution is -2.57. The van der Waals surface area contributed by atoms with E-state index in [0.29, 0.717) is 55.0 Å². The fourth-order valence-electron chi connectivity index (χ4n) is 6.27. The molecule has 0 saturated carbocycles. The number of morpholine rings is 1. The van der Waals surface area contributed by atoms with Crippen LogP contribution in [-0.4, -0.2) is 82.4 Å². The maximum atomic E-state index is 14.6. The van der Waals surface area contributed by atoms with Gasteiger partial charge in [-0.3, -0.25) is 14.5 Å². The number of nitrogens with one attached hydrogen (secondary N) is 2. The van der Waals surface area contributed by atoms with Gasteiger partial charge in [-0.15, -0.1) is 11.3 Å². The Morgan fingerprint density at radius 3 is 2.75 bits per heavy atom. The number of aromatic amines is 1. The molecule has 2 saturated heterocycles. The number of rotatable bonds is 9. The minimum Gasteiger partial charge on any atom is -0.506 e. The minimum absolute atomic E-state index is 0.0291. The molecule has 4 N–H and O–H groups in total. The highest BCUT2D eigenvalue weighted by atomic mass is 32.1. The number of halogens is 1. The van der Waals surface area contributed by atoms with E-state index in [2.05, 4.69) is 15.2 Å². The van der Waals surface area contributed by atoms with E-state index in [4.69, 9.17) is 4.74 Å². The molecule has 4 heterocycles. The zero-order chi connectivity index (χ0) is 30.8. The summed E-state index contributed by atoms with van der Waals surface area (Å²) >= 11 is 2.45. The van der Waals surface area contributed by atoms with Gasteiger partial charge in [-0.2, -0.15) is 0 Å². The number of aryl methyl sites for hydroxylation is 1. The first-order valence-corrected chi connectivity index (χ1v) is 16.6. The Hall–Kier alpha value is -3.13. The highest BCUT2D eigenvalue weighted by Crippen LogP contribution is 2.33. The van der Waals surface area contributed by atoms with Crippen LogP contribution in [0.25, 0.3) is 10.2 Å². The Labute approximate surface area is 262 Å². The largest absolute Gasteiger partial charge is 0.506 e. The van der Waals surface area contributed by atoms with Crippen LogP contribution in [0.4, 0.5) is 4.39 Å². The van der Waals surface area contributed by atoms with E-state index >= 15 is 0 Å². The van der Waals surface area contributed by atoms with Crippen LogP contribution in [-0.2, 0) is 17.7 Å². The Balaban J connectivity index is 0.995. The van der Waals surface area contributed by atoms with Gasteiger partial charge in [-0.25, -0.2) is 4.39 Å². The Morgan fingerprint density at radius 2 is 1.98 bits per heavy atom. The summed E-state index contributed by atoms with van der Waals surface area (Å²) in [6.07, 6.45) is 1.36. The van der Waals surface area contributed by atoms with E-state index in [1.807, 2.05) is 29.3 Å². The lowest BCUT2D eigenvalue weighted by Gasteiger charge is -2.47. The molecule has 0 aliphatic carbocycles. The second kappa shape index (κ2) is 13.1. The van der Waals surface area contributed by atoms with Crippen LogP contribution in [0, 0.1) is 12.7 Å². The van der Waals surface area contributed by atoms with Crippen LogP contribution >= 0.6 is 22.7 Å². The maximum Gasteiger partial charge on any atom is 0.305 e. The van der Waals surface area contributed by atoms with Gasteiger partial charge in [0, 0.05) is 38.3 Å². The van der Waals surface area contributed by atoms with E-state index in [1.54, 1.807) is 18.2 Å². The number of hydrogen-bond donors (Lipinski definition) is 4. The first kappa shape index (κ1) is 30.9. The number of carbonyl (C=O) groups is 1. The van der Waals surface area contributed by atoms with E-state index in [9.17, 15) is 24.2 Å². The summed E-state index contributed by atoms with van der Waals surface area (Å²) in [5.74, 6) is -0.206. The first-order chi connectivity index (χ1) is 21.2. The number of phenols is 1. The number of aliphatic hydroxyl groups is 1. The lowest BCUT2D eigenvalue weighted by molar-refractivity contribution is -0.127. The zero-order valence-corrected chi connectivity index (χ0v) is 26.2. The van der Waals surface area contributed by atoms with Crippen LogP contribution in [0.5, 0.6) is 5.75 Å². The molecule has 2 aliphatic rings. The van der Waals surface area contributed by atoms with Gasteiger partial charge >= 0.3 is 4.87 Å². The van der Waals surface area contributed by atoms with Crippen molar-refractivity contribution in [3.8, 4) is 5.75 Å². The fourth-order valence-corrected chi connectivity index (χ4v) is 8.08. The SMILES string of the molecule is Cc1ccsc1C(=O)N1CCOC2(CCN(Cc3cc(F)cc(CCNC[C@H](O)c4ccc(O)c5[nH]c(=O)sc45)c3)CC2)C1. The Morgan fingerprint density at radius 1 is 1.18 bits per heavy atom. The van der Waals surface area contributed by atoms with Crippen molar-refractivity contribution in [1.29, 1.82) is 0 Å². The van der Waals surface area contributed by atoms with Crippen molar-refractivity contribution in [3.63, 3.8) is 0 Å². The number of H-pyrrole nitrogens is 1. The smallest absolute Gasteiger partial charge is 0.305 e. The average molecular weight is 641 g/mol. The van der Waals surface area contributed by atoms with E-state index < -0.39 is 6.10 Å². The molecule has 9 nitrogen and oxygen atoms in total. The van der Waals surface area contributed by atoms with Crippen molar-refractivity contribution >= 4 is 38.8 Å². The van der Waals surface area contributed by atoms with Crippen molar-refractivity contribution in [2.75, 3.05) is 45.9 Å². The standard InChI is InChI=1S/C32H37FN4O5S2/c1-20-5-13-43-28(20)30(40)37-11-12-42-32(19-37)6-9-36(10-7-32)18-22-14-21(15-23(33)16-22)4-8-34-17-26(39)24-2-3-25(38)27-29(24)44-31(41)35-27/h2-3,5,13-16,26,34,38-39H,4,6-12,17-19H2,1H3,(H,35,41)/t26-/m0/s1. The van der Waals surface area contributed by atoms with E-state index in [0.717, 1.165) is 58.8 Å². The van der Waals surface area contributed by atoms with Gasteiger partial charge in [0.15, 0.2) is 0 Å². The number of thiazole rings is 1. The van der Waals surface area contributed by atoms with Crippen molar-refractivity contribution in [2.45, 2.75) is 44.4 Å². The topological polar surface area (TPSA) is 118 Å². The number of hydrogen-bond acceptors (Lipinski definition) is 9. The normalized spacial score (nSPS) is 17.8. The summed E-state index contributed by atoms with van der Waals surface area (Å²) in [7, 11) is 0. The molecule has 12 heteroatoms. The second-order valence-electron chi connectivity index (χ2n) is 11.8. The van der Waals surface area contributed by atoms with E-state index in [1.165, 1.54) is 17.4 Å². The van der Waals surface area contributed by atoms with Gasteiger partial charge in [0.2, 0.25) is 0 Å². The molecule has 1 amide bonds. The third-order valence-corrected chi connectivity index (χ3v) is 10.6. The lowest BCUT2D eigenvalue weighted by atomic mass is 9.89. The summed E-state index contributed by atoms with van der Waals surface area (Å²) in [4.78, 5) is 32.3. The number of aromatic hydroxyl groups is 1. The number of benzene rings is 2. The van der Waals surface area contributed by atoms with Crippen molar-refractivity contribution in [1.82, 2.24) is 20.1 Å². The third-order valence-electron chi connectivity index (χ3n) is 8.66. The number of carbonyl (C=O) groups excluding carboxylic acids is 1. The highest BCUT2D eigenvalue weighted by molar-refractivity contribution is 7.16. The number of amides is 1. The molecule has 44 heavy (non-hydrogen) atoms. The quantitative estimate of drug-likeness (QED) is 0.203. The van der Waals surface area contributed by atoms with Gasteiger partial charge < -0.3 is 30.2 Å². The van der Waals surface area contributed by atoms with Crippen molar-refractivity contribution in [3.05, 3.63) is 84.4 Å². The van der Waals surface area contributed by atoms with Gasteiger partial charge in [0.25, 0.3) is 5.91 Å². The molecule has 2 aromatic heterocycles. The van der Waals surface area contributed by atoms with Crippen LogP contribution in [0.15, 0.2) is 46.6 Å². The number of thiophene rings is 1. The monoisotopic (exact) mass is 640 g/mol. The Bertz CT molecular complexity index is 1690. The molecule has 2 aliphatic heterocycles. The molecule has 234 valence electrons. The number of likely N-dealkylation sites (tertiary alicyclic amines) is 1. The molecule has 0 unspecified atom stereocenters. The van der Waals surface area contributed by atoms with Crippen molar-refractivity contribution < 1.29 is 24.1 Å². The average Bonchev–Trinajstić information content (AvgIpc) is 3.61. The molecule has 6 rings (SSSR count). The number of nitrogens with zero attached hydrogens (tertiary/aromatic N) is 2. The van der Waals surface area contributed by atoms with Crippen LogP contribution in [0.2, 0.25) is 0 Å². The van der Waals surface area contributed by atoms with Gasteiger partial charge in [-0.1, -0.05) is 23.5 Å². The molecular formula is C32H37FN4O5S2. The molecule has 2 aromatic carbocycles. The number of phenolic OH excluding ortho intramolecular Hbond substituents is 1. The number of piperidine rings is 1. The molecule has 1 spiro atoms. The predicted molar refractivity (Wildman–Crippen MR) is 170 cm³/mol. The summed E-state index contributed by atoms with van der Waals surface area (Å²) < 4.78 is 21.4. The fraction of sp³-hybridized carbons (Fsp3) is 0.438. The number of fused-ring (bicyclic) bond motifs is 1. The third kappa shape index (κ3) is 6.75. The molecule has 2 fully saturated rings. The highest BCUT2D eigenvalue weighted by Gasteiger charge is 2.41. The van der Waals surface area contributed by atoms with Crippen molar-refractivity contribution in [2.24, 2.45) is 0 Å². The molecule has 0 bridgehead atoms.